The van der Waals surface area contributed by atoms with E-state index in [1.54, 1.807) is 11.3 Å². The molecule has 2 heterocycles. The number of aromatic nitrogens is 1. The molecule has 4 aliphatic carbocycles. The minimum atomic E-state index is -0.141. The molecular weight excluding hydrogens is 474 g/mol. The van der Waals surface area contributed by atoms with Gasteiger partial charge in [-0.1, -0.05) is 27.3 Å². The van der Waals surface area contributed by atoms with E-state index >= 15 is 0 Å². The summed E-state index contributed by atoms with van der Waals surface area (Å²) in [7, 11) is 0. The molecule has 1 aromatic heterocycles. The largest absolute Gasteiger partial charge is 0.379 e. The van der Waals surface area contributed by atoms with Crippen molar-refractivity contribution >= 4 is 48.5 Å². The third-order valence-corrected chi connectivity index (χ3v) is 9.59. The molecule has 0 N–H and O–H groups in total. The zero-order chi connectivity index (χ0) is 21.0. The molecule has 7 heteroatoms. The van der Waals surface area contributed by atoms with Crippen LogP contribution in [0.1, 0.15) is 38.5 Å². The van der Waals surface area contributed by atoms with E-state index in [0.717, 1.165) is 96.2 Å². The fourth-order valence-electron chi connectivity index (χ4n) is 7.01. The van der Waals surface area contributed by atoms with Gasteiger partial charge in [-0.15, -0.1) is 0 Å². The van der Waals surface area contributed by atoms with Crippen molar-refractivity contribution in [2.24, 2.45) is 23.2 Å². The Hall–Kier alpha value is -1.02. The van der Waals surface area contributed by atoms with Crippen LogP contribution in [0, 0.1) is 23.2 Å². The molecule has 5 aliphatic rings. The first kappa shape index (κ1) is 20.6. The number of nitrogens with zero attached hydrogens (tertiary/aromatic N) is 3. The highest BCUT2D eigenvalue weighted by atomic mass is 79.9. The van der Waals surface area contributed by atoms with E-state index in [2.05, 4.69) is 37.9 Å². The third-order valence-electron chi connectivity index (χ3n) is 8.05. The first-order valence-electron chi connectivity index (χ1n) is 11.8. The number of hydrogen-bond donors (Lipinski definition) is 0. The van der Waals surface area contributed by atoms with Gasteiger partial charge in [-0.3, -0.25) is 14.6 Å². The summed E-state index contributed by atoms with van der Waals surface area (Å²) in [6.07, 6.45) is 7.37. The van der Waals surface area contributed by atoms with Gasteiger partial charge >= 0.3 is 0 Å². The van der Waals surface area contributed by atoms with Crippen LogP contribution < -0.4 is 4.90 Å². The fourth-order valence-corrected chi connectivity index (χ4v) is 8.55. The van der Waals surface area contributed by atoms with Crippen LogP contribution in [0.2, 0.25) is 0 Å². The molecule has 4 bridgehead atoms. The van der Waals surface area contributed by atoms with Gasteiger partial charge in [-0.2, -0.15) is 0 Å². The Labute approximate surface area is 196 Å². The summed E-state index contributed by atoms with van der Waals surface area (Å²) in [5, 5.41) is 0.877. The molecule has 0 radical (unpaired) electrons. The predicted molar refractivity (Wildman–Crippen MR) is 128 cm³/mol. The van der Waals surface area contributed by atoms with Gasteiger partial charge in [0.1, 0.15) is 0 Å². The topological polar surface area (TPSA) is 45.7 Å². The lowest BCUT2D eigenvalue weighted by atomic mass is 9.49. The van der Waals surface area contributed by atoms with Crippen LogP contribution >= 0.6 is 27.3 Å². The highest BCUT2D eigenvalue weighted by molar-refractivity contribution is 9.10. The zero-order valence-electron chi connectivity index (χ0n) is 17.9. The summed E-state index contributed by atoms with van der Waals surface area (Å²) in [5.41, 5.74) is 0.843. The maximum absolute atomic E-state index is 14.3. The molecular formula is C24H30BrN3O2S. The van der Waals surface area contributed by atoms with E-state index in [0.29, 0.717) is 5.91 Å². The molecule has 2 aromatic rings. The van der Waals surface area contributed by atoms with Crippen LogP contribution in [0.25, 0.3) is 10.2 Å². The van der Waals surface area contributed by atoms with E-state index in [4.69, 9.17) is 9.72 Å². The molecule has 4 saturated carbocycles. The highest BCUT2D eigenvalue weighted by Crippen LogP contribution is 2.60. The second-order valence-corrected chi connectivity index (χ2v) is 12.1. The van der Waals surface area contributed by atoms with Crippen LogP contribution in [-0.2, 0) is 9.53 Å². The second-order valence-electron chi connectivity index (χ2n) is 10.2. The van der Waals surface area contributed by atoms with Gasteiger partial charge in [0, 0.05) is 30.7 Å². The van der Waals surface area contributed by atoms with Crippen molar-refractivity contribution in [3.05, 3.63) is 22.7 Å². The van der Waals surface area contributed by atoms with E-state index in [9.17, 15) is 4.79 Å². The van der Waals surface area contributed by atoms with Crippen molar-refractivity contribution in [2.45, 2.75) is 38.5 Å². The quantitative estimate of drug-likeness (QED) is 0.579. The number of thiazole rings is 1. The minimum absolute atomic E-state index is 0.141. The summed E-state index contributed by atoms with van der Waals surface area (Å²) in [5.74, 6) is 2.66. The van der Waals surface area contributed by atoms with Gasteiger partial charge in [0.15, 0.2) is 5.13 Å². The van der Waals surface area contributed by atoms with Gasteiger partial charge in [0.05, 0.1) is 28.8 Å². The number of benzene rings is 1. The lowest BCUT2D eigenvalue weighted by molar-refractivity contribution is -0.143. The zero-order valence-corrected chi connectivity index (χ0v) is 20.3. The number of carbonyl (C=O) groups is 1. The Kier molecular flexibility index (Phi) is 5.37. The molecule has 1 aromatic carbocycles. The number of anilines is 1. The molecule has 166 valence electrons. The normalized spacial score (nSPS) is 32.6. The first-order chi connectivity index (χ1) is 15.1. The van der Waals surface area contributed by atoms with E-state index in [-0.39, 0.29) is 5.41 Å². The summed E-state index contributed by atoms with van der Waals surface area (Å²) in [6, 6.07) is 6.20. The number of carbonyl (C=O) groups excluding carboxylic acids is 1. The summed E-state index contributed by atoms with van der Waals surface area (Å²) in [4.78, 5) is 23.7. The van der Waals surface area contributed by atoms with Gasteiger partial charge in [0.25, 0.3) is 0 Å². The maximum Gasteiger partial charge on any atom is 0.235 e. The summed E-state index contributed by atoms with van der Waals surface area (Å²) >= 11 is 5.24. The molecule has 5 fully saturated rings. The van der Waals surface area contributed by atoms with E-state index in [1.807, 2.05) is 6.07 Å². The Bertz CT molecular complexity index is 951. The molecule has 1 amide bonds. The maximum atomic E-state index is 14.3. The SMILES string of the molecule is O=C(N(CCN1CCOCC1)c1nc2ccc(Br)cc2s1)C12CC3CC(CC(C3)C1)C2. The number of amides is 1. The molecule has 7 rings (SSSR count). The Morgan fingerprint density at radius 3 is 2.52 bits per heavy atom. The molecule has 31 heavy (non-hydrogen) atoms. The minimum Gasteiger partial charge on any atom is -0.379 e. The molecule has 1 aliphatic heterocycles. The average Bonchev–Trinajstić information content (AvgIpc) is 3.16. The van der Waals surface area contributed by atoms with Gasteiger partial charge < -0.3 is 4.74 Å². The summed E-state index contributed by atoms with van der Waals surface area (Å²) in [6.45, 7) is 5.09. The molecule has 5 nitrogen and oxygen atoms in total. The smallest absolute Gasteiger partial charge is 0.235 e. The van der Waals surface area contributed by atoms with Crippen molar-refractivity contribution in [1.29, 1.82) is 0 Å². The second kappa shape index (κ2) is 8.08. The van der Waals surface area contributed by atoms with Gasteiger partial charge in [0.2, 0.25) is 5.91 Å². The molecule has 0 spiro atoms. The van der Waals surface area contributed by atoms with E-state index < -0.39 is 0 Å². The monoisotopic (exact) mass is 503 g/mol. The number of morpholine rings is 1. The van der Waals surface area contributed by atoms with E-state index in [1.165, 1.54) is 19.3 Å². The lowest BCUT2D eigenvalue weighted by Gasteiger charge is -2.56. The molecule has 1 saturated heterocycles. The van der Waals surface area contributed by atoms with Crippen LogP contribution in [0.4, 0.5) is 5.13 Å². The first-order valence-corrected chi connectivity index (χ1v) is 13.4. The van der Waals surface area contributed by atoms with Crippen LogP contribution in [0.15, 0.2) is 22.7 Å². The van der Waals surface area contributed by atoms with Crippen LogP contribution in [0.3, 0.4) is 0 Å². The lowest BCUT2D eigenvalue weighted by Crippen LogP contribution is -2.56. The predicted octanol–water partition coefficient (Wildman–Crippen LogP) is 4.94. The Balaban J connectivity index is 1.31. The fraction of sp³-hybridized carbons (Fsp3) is 0.667. The van der Waals surface area contributed by atoms with Crippen molar-refractivity contribution < 1.29 is 9.53 Å². The Morgan fingerprint density at radius 2 is 1.84 bits per heavy atom. The van der Waals surface area contributed by atoms with Crippen LogP contribution in [0.5, 0.6) is 0 Å². The number of hydrogen-bond acceptors (Lipinski definition) is 5. The standard InChI is InChI=1S/C24H30BrN3O2S/c25-19-1-2-20-21(12-19)31-23(26-20)28(4-3-27-5-7-30-8-6-27)22(29)24-13-16-9-17(14-24)11-18(10-16)15-24/h1-2,12,16-18H,3-11,13-15H2. The number of fused-ring (bicyclic) bond motifs is 1. The van der Waals surface area contributed by atoms with Crippen LogP contribution in [-0.4, -0.2) is 55.2 Å². The number of ether oxygens (including phenoxy) is 1. The van der Waals surface area contributed by atoms with Crippen molar-refractivity contribution in [2.75, 3.05) is 44.3 Å². The van der Waals surface area contributed by atoms with Gasteiger partial charge in [-0.05, 0) is 74.5 Å². The van der Waals surface area contributed by atoms with Crippen molar-refractivity contribution in [1.82, 2.24) is 9.88 Å². The molecule has 0 unspecified atom stereocenters. The summed E-state index contributed by atoms with van der Waals surface area (Å²) < 4.78 is 7.71. The number of rotatable bonds is 5. The molecule has 0 atom stereocenters. The van der Waals surface area contributed by atoms with Crippen molar-refractivity contribution in [3.8, 4) is 0 Å². The third kappa shape index (κ3) is 3.85. The van der Waals surface area contributed by atoms with Crippen molar-refractivity contribution in [3.63, 3.8) is 0 Å². The average molecular weight is 504 g/mol. The van der Waals surface area contributed by atoms with Gasteiger partial charge in [-0.25, -0.2) is 4.98 Å². The number of halogens is 1. The highest BCUT2D eigenvalue weighted by Gasteiger charge is 2.56. The Morgan fingerprint density at radius 1 is 1.16 bits per heavy atom.